The van der Waals surface area contributed by atoms with Gasteiger partial charge in [-0.05, 0) is 50.8 Å². The topological polar surface area (TPSA) is 29.9 Å². The third-order valence-corrected chi connectivity index (χ3v) is 4.10. The Hall–Kier alpha value is -1.61. The maximum atomic E-state index is 4.50. The van der Waals surface area contributed by atoms with Crippen LogP contribution in [0.25, 0.3) is 0 Å². The normalized spacial score (nSPS) is 12.7. The summed E-state index contributed by atoms with van der Waals surface area (Å²) in [5.74, 6) is 0. The van der Waals surface area contributed by atoms with Crippen molar-refractivity contribution in [2.45, 2.75) is 53.6 Å². The summed E-state index contributed by atoms with van der Waals surface area (Å²) in [6.07, 6.45) is 3.10. The lowest BCUT2D eigenvalue weighted by atomic mass is 9.95. The van der Waals surface area contributed by atoms with E-state index in [0.717, 1.165) is 13.0 Å². The molecular weight excluding hydrogens is 258 g/mol. The van der Waals surface area contributed by atoms with Crippen molar-refractivity contribution in [3.8, 4) is 0 Å². The summed E-state index contributed by atoms with van der Waals surface area (Å²) in [6, 6.07) is 4.87. The summed E-state index contributed by atoms with van der Waals surface area (Å²) in [7, 11) is 1.99. The van der Waals surface area contributed by atoms with E-state index in [1.807, 2.05) is 11.7 Å². The van der Waals surface area contributed by atoms with Crippen LogP contribution in [0, 0.1) is 20.8 Å². The molecule has 0 spiro atoms. The molecule has 1 heterocycles. The lowest BCUT2D eigenvalue weighted by Gasteiger charge is -2.20. The fourth-order valence-electron chi connectivity index (χ4n) is 3.27. The van der Waals surface area contributed by atoms with Crippen LogP contribution >= 0.6 is 0 Å². The molecule has 3 heteroatoms. The van der Waals surface area contributed by atoms with E-state index in [2.05, 4.69) is 63.4 Å². The minimum Gasteiger partial charge on any atom is -0.306 e. The molecule has 0 bridgehead atoms. The van der Waals surface area contributed by atoms with Crippen molar-refractivity contribution in [2.24, 2.45) is 7.05 Å². The van der Waals surface area contributed by atoms with Crippen molar-refractivity contribution in [2.75, 3.05) is 0 Å². The molecule has 21 heavy (non-hydrogen) atoms. The molecule has 0 saturated carbocycles. The summed E-state index contributed by atoms with van der Waals surface area (Å²) < 4.78 is 1.91. The van der Waals surface area contributed by atoms with Crippen molar-refractivity contribution in [1.82, 2.24) is 15.1 Å². The summed E-state index contributed by atoms with van der Waals surface area (Å²) in [5, 5.41) is 8.15. The Labute approximate surface area is 128 Å². The summed E-state index contributed by atoms with van der Waals surface area (Å²) in [6.45, 7) is 11.8. The van der Waals surface area contributed by atoms with Gasteiger partial charge < -0.3 is 5.32 Å². The average Bonchev–Trinajstić information content (AvgIpc) is 2.75. The molecule has 1 unspecified atom stereocenters. The molecule has 0 aliphatic heterocycles. The van der Waals surface area contributed by atoms with E-state index in [4.69, 9.17) is 0 Å². The van der Waals surface area contributed by atoms with Crippen LogP contribution in [0.2, 0.25) is 0 Å². The Morgan fingerprint density at radius 1 is 1.19 bits per heavy atom. The molecule has 2 aromatic rings. The Bertz CT molecular complexity index is 602. The van der Waals surface area contributed by atoms with E-state index in [1.54, 1.807) is 0 Å². The number of aryl methyl sites for hydroxylation is 5. The quantitative estimate of drug-likeness (QED) is 0.906. The molecular formula is C18H27N3. The maximum absolute atomic E-state index is 4.50. The van der Waals surface area contributed by atoms with Crippen LogP contribution in [0.15, 0.2) is 18.3 Å². The number of benzene rings is 1. The minimum atomic E-state index is 0.343. The second-order valence-corrected chi connectivity index (χ2v) is 6.04. The van der Waals surface area contributed by atoms with Crippen LogP contribution < -0.4 is 5.32 Å². The third-order valence-electron chi connectivity index (χ3n) is 4.10. The lowest BCUT2D eigenvalue weighted by Crippen LogP contribution is -2.20. The first kappa shape index (κ1) is 15.8. The SMILES string of the molecule is CCc1nn(C)cc1CNC(C)c1c(C)cc(C)cc1C. The van der Waals surface area contributed by atoms with Crippen LogP contribution in [-0.4, -0.2) is 9.78 Å². The zero-order valence-corrected chi connectivity index (χ0v) is 14.1. The standard InChI is InChI=1S/C18H27N3/c1-7-17-16(11-21(6)20-17)10-19-15(5)18-13(3)8-12(2)9-14(18)4/h8-9,11,15,19H,7,10H2,1-6H3. The van der Waals surface area contributed by atoms with Crippen LogP contribution in [0.1, 0.15) is 53.4 Å². The third kappa shape index (κ3) is 3.53. The van der Waals surface area contributed by atoms with Gasteiger partial charge in [0.15, 0.2) is 0 Å². The lowest BCUT2D eigenvalue weighted by molar-refractivity contribution is 0.567. The fraction of sp³-hybridized carbons (Fsp3) is 0.500. The van der Waals surface area contributed by atoms with Crippen molar-refractivity contribution in [3.05, 3.63) is 51.8 Å². The van der Waals surface area contributed by atoms with Crippen molar-refractivity contribution in [3.63, 3.8) is 0 Å². The van der Waals surface area contributed by atoms with Gasteiger partial charge in [-0.2, -0.15) is 5.10 Å². The number of aromatic nitrogens is 2. The second kappa shape index (κ2) is 6.44. The highest BCUT2D eigenvalue weighted by molar-refractivity contribution is 5.39. The van der Waals surface area contributed by atoms with Gasteiger partial charge in [0.2, 0.25) is 0 Å². The average molecular weight is 285 g/mol. The van der Waals surface area contributed by atoms with Gasteiger partial charge in [-0.15, -0.1) is 0 Å². The molecule has 0 radical (unpaired) electrons. The molecule has 0 saturated heterocycles. The van der Waals surface area contributed by atoms with Crippen molar-refractivity contribution >= 4 is 0 Å². The van der Waals surface area contributed by atoms with E-state index in [9.17, 15) is 0 Å². The second-order valence-electron chi connectivity index (χ2n) is 6.04. The van der Waals surface area contributed by atoms with Crippen LogP contribution in [0.4, 0.5) is 0 Å². The first-order valence-electron chi connectivity index (χ1n) is 7.74. The number of hydrogen-bond acceptors (Lipinski definition) is 2. The minimum absolute atomic E-state index is 0.343. The molecule has 1 N–H and O–H groups in total. The van der Waals surface area contributed by atoms with E-state index in [1.165, 1.54) is 33.5 Å². The molecule has 0 amide bonds. The predicted molar refractivity (Wildman–Crippen MR) is 88.5 cm³/mol. The van der Waals surface area contributed by atoms with E-state index >= 15 is 0 Å². The molecule has 2 rings (SSSR count). The van der Waals surface area contributed by atoms with Crippen molar-refractivity contribution in [1.29, 1.82) is 0 Å². The van der Waals surface area contributed by atoms with E-state index < -0.39 is 0 Å². The Balaban J connectivity index is 2.13. The number of nitrogens with one attached hydrogen (secondary N) is 1. The monoisotopic (exact) mass is 285 g/mol. The smallest absolute Gasteiger partial charge is 0.0666 e. The predicted octanol–water partition coefficient (Wildman–Crippen LogP) is 3.76. The van der Waals surface area contributed by atoms with Gasteiger partial charge >= 0.3 is 0 Å². The zero-order chi connectivity index (χ0) is 15.6. The highest BCUT2D eigenvalue weighted by Gasteiger charge is 2.13. The van der Waals surface area contributed by atoms with Gasteiger partial charge in [0.05, 0.1) is 5.69 Å². The molecule has 0 aliphatic rings. The molecule has 3 nitrogen and oxygen atoms in total. The zero-order valence-electron chi connectivity index (χ0n) is 14.1. The largest absolute Gasteiger partial charge is 0.306 e. The van der Waals surface area contributed by atoms with Gasteiger partial charge in [0.1, 0.15) is 0 Å². The molecule has 0 aliphatic carbocycles. The van der Waals surface area contributed by atoms with Gasteiger partial charge in [-0.3, -0.25) is 4.68 Å². The maximum Gasteiger partial charge on any atom is 0.0666 e. The Kier molecular flexibility index (Phi) is 4.84. The highest BCUT2D eigenvalue weighted by atomic mass is 15.3. The number of hydrogen-bond donors (Lipinski definition) is 1. The number of nitrogens with zero attached hydrogens (tertiary/aromatic N) is 2. The van der Waals surface area contributed by atoms with E-state index in [0.29, 0.717) is 6.04 Å². The first-order chi connectivity index (χ1) is 9.92. The van der Waals surface area contributed by atoms with Gasteiger partial charge in [0.25, 0.3) is 0 Å². The summed E-state index contributed by atoms with van der Waals surface area (Å²) in [4.78, 5) is 0. The molecule has 1 atom stereocenters. The number of rotatable bonds is 5. The van der Waals surface area contributed by atoms with Crippen molar-refractivity contribution < 1.29 is 0 Å². The summed E-state index contributed by atoms with van der Waals surface area (Å²) >= 11 is 0. The molecule has 114 valence electrons. The van der Waals surface area contributed by atoms with Gasteiger partial charge in [-0.25, -0.2) is 0 Å². The fourth-order valence-corrected chi connectivity index (χ4v) is 3.27. The highest BCUT2D eigenvalue weighted by Crippen LogP contribution is 2.23. The summed E-state index contributed by atoms with van der Waals surface area (Å²) in [5.41, 5.74) is 7.98. The Morgan fingerprint density at radius 3 is 2.38 bits per heavy atom. The van der Waals surface area contributed by atoms with Crippen LogP contribution in [0.5, 0.6) is 0 Å². The molecule has 1 aromatic carbocycles. The Morgan fingerprint density at radius 2 is 1.81 bits per heavy atom. The van der Waals surface area contributed by atoms with E-state index in [-0.39, 0.29) is 0 Å². The molecule has 1 aromatic heterocycles. The van der Waals surface area contributed by atoms with Gasteiger partial charge in [-0.1, -0.05) is 24.6 Å². The first-order valence-corrected chi connectivity index (χ1v) is 7.74. The molecule has 0 fully saturated rings. The van der Waals surface area contributed by atoms with Crippen LogP contribution in [0.3, 0.4) is 0 Å². The van der Waals surface area contributed by atoms with Crippen LogP contribution in [-0.2, 0) is 20.0 Å². The van der Waals surface area contributed by atoms with Gasteiger partial charge in [0, 0.05) is 31.4 Å².